The molecule has 0 amide bonds. The van der Waals surface area contributed by atoms with Gasteiger partial charge in [0, 0.05) is 12.1 Å². The second-order valence-electron chi connectivity index (χ2n) is 7.96. The first-order valence-corrected chi connectivity index (χ1v) is 10.8. The number of aromatic nitrogens is 6. The first kappa shape index (κ1) is 23.7. The lowest BCUT2D eigenvalue weighted by atomic mass is 10.1. The van der Waals surface area contributed by atoms with Gasteiger partial charge in [-0.25, -0.2) is 18.9 Å². The third-order valence-electron chi connectivity index (χ3n) is 5.70. The average Bonchev–Trinajstić information content (AvgIpc) is 3.41. The minimum absolute atomic E-state index is 0. The first-order chi connectivity index (χ1) is 16.0. The van der Waals surface area contributed by atoms with Crippen LogP contribution in [0.3, 0.4) is 0 Å². The number of hydrogen-bond acceptors (Lipinski definition) is 7. The molecule has 1 fully saturated rings. The maximum atomic E-state index is 13.4. The number of benzene rings is 1. The second-order valence-corrected chi connectivity index (χ2v) is 7.96. The van der Waals surface area contributed by atoms with Crippen molar-refractivity contribution in [3.63, 3.8) is 0 Å². The van der Waals surface area contributed by atoms with Crippen LogP contribution in [-0.2, 0) is 4.74 Å². The van der Waals surface area contributed by atoms with Gasteiger partial charge < -0.3 is 9.47 Å². The molecule has 1 aliphatic carbocycles. The minimum Gasteiger partial charge on any atom is -0.479 e. The van der Waals surface area contributed by atoms with E-state index in [2.05, 4.69) is 10.1 Å². The van der Waals surface area contributed by atoms with Crippen molar-refractivity contribution in [3.05, 3.63) is 59.3 Å². The van der Waals surface area contributed by atoms with Crippen molar-refractivity contribution in [2.24, 2.45) is 0 Å². The fourth-order valence-electron chi connectivity index (χ4n) is 3.81. The predicted molar refractivity (Wildman–Crippen MR) is 128 cm³/mol. The number of methoxy groups -OCH3 is 1. The Morgan fingerprint density at radius 1 is 1.24 bits per heavy atom. The van der Waals surface area contributed by atoms with Crippen LogP contribution in [0.5, 0.6) is 5.88 Å². The molecule has 3 aromatic heterocycles. The van der Waals surface area contributed by atoms with Gasteiger partial charge in [-0.15, -0.1) is 0 Å². The van der Waals surface area contributed by atoms with Crippen molar-refractivity contribution in [1.29, 1.82) is 0 Å². The normalized spacial score (nSPS) is 14.0. The Bertz CT molecular complexity index is 1330. The molecule has 0 N–H and O–H groups in total. The van der Waals surface area contributed by atoms with Crippen LogP contribution in [0.25, 0.3) is 17.0 Å². The number of carbonyl (C=O) groups is 1. The Labute approximate surface area is 202 Å². The number of hydrogen-bond donors (Lipinski definition) is 0. The van der Waals surface area contributed by atoms with Crippen LogP contribution in [0.1, 0.15) is 60.3 Å². The van der Waals surface area contributed by atoms with Crippen LogP contribution >= 0.6 is 13.5 Å². The fourth-order valence-corrected chi connectivity index (χ4v) is 3.81. The number of rotatable bonds is 7. The van der Waals surface area contributed by atoms with Crippen LogP contribution < -0.4 is 4.74 Å². The van der Waals surface area contributed by atoms with Gasteiger partial charge in [0.1, 0.15) is 16.9 Å². The fraction of sp³-hybridized carbons (Fsp3) is 0.348. The van der Waals surface area contributed by atoms with E-state index < -0.39 is 5.97 Å². The summed E-state index contributed by atoms with van der Waals surface area (Å²) in [5.41, 5.74) is 3.43. The van der Waals surface area contributed by atoms with E-state index in [1.54, 1.807) is 19.1 Å². The van der Waals surface area contributed by atoms with Gasteiger partial charge in [0.2, 0.25) is 5.88 Å². The summed E-state index contributed by atoms with van der Waals surface area (Å²) >= 11 is 0. The van der Waals surface area contributed by atoms with E-state index in [1.165, 1.54) is 36.3 Å². The predicted octanol–water partition coefficient (Wildman–Crippen LogP) is 3.94. The van der Waals surface area contributed by atoms with Crippen LogP contribution in [0.15, 0.2) is 36.7 Å². The van der Waals surface area contributed by atoms with E-state index in [0.29, 0.717) is 28.4 Å². The van der Waals surface area contributed by atoms with Crippen LogP contribution in [0.4, 0.5) is 4.39 Å². The number of ether oxygens (including phenoxy) is 2. The molecule has 3 heterocycles. The highest BCUT2D eigenvalue weighted by Crippen LogP contribution is 2.44. The van der Waals surface area contributed by atoms with Gasteiger partial charge in [-0.05, 0) is 44.4 Å². The van der Waals surface area contributed by atoms with Crippen molar-refractivity contribution in [1.82, 2.24) is 29.5 Å². The van der Waals surface area contributed by atoms with E-state index >= 15 is 0 Å². The van der Waals surface area contributed by atoms with Crippen LogP contribution in [0.2, 0.25) is 0 Å². The van der Waals surface area contributed by atoms with Crippen molar-refractivity contribution < 1.29 is 18.7 Å². The summed E-state index contributed by atoms with van der Waals surface area (Å²) in [7, 11) is 1.54. The smallest absolute Gasteiger partial charge is 0.341 e. The molecule has 0 spiro atoms. The van der Waals surface area contributed by atoms with E-state index in [9.17, 15) is 9.18 Å². The van der Waals surface area contributed by atoms with Crippen LogP contribution in [0, 0.1) is 5.82 Å². The summed E-state index contributed by atoms with van der Waals surface area (Å²) in [6.45, 7) is 4.01. The Hall–Kier alpha value is -3.47. The zero-order valence-electron chi connectivity index (χ0n) is 19.0. The highest BCUT2D eigenvalue weighted by atomic mass is 32.1. The highest BCUT2D eigenvalue weighted by Gasteiger charge is 2.33. The third kappa shape index (κ3) is 4.23. The van der Waals surface area contributed by atoms with Crippen molar-refractivity contribution in [2.45, 2.75) is 38.6 Å². The van der Waals surface area contributed by atoms with Crippen molar-refractivity contribution in [2.75, 3.05) is 13.7 Å². The SMILES string of the molecule is CCOC(=O)c1cnn(-c2nc(OC)c3c(n2)c(C2CC2)nn3[C@@H](C)c2ccc(F)cc2)c1.S. The lowest BCUT2D eigenvalue weighted by Crippen LogP contribution is -2.11. The zero-order valence-corrected chi connectivity index (χ0v) is 20.0. The Morgan fingerprint density at radius 3 is 2.62 bits per heavy atom. The zero-order chi connectivity index (χ0) is 23.1. The largest absolute Gasteiger partial charge is 0.479 e. The van der Waals surface area contributed by atoms with Gasteiger partial charge in [0.05, 0.1) is 37.2 Å². The molecule has 0 aliphatic heterocycles. The number of esters is 1. The van der Waals surface area contributed by atoms with Gasteiger partial charge in [-0.3, -0.25) is 4.68 Å². The number of carbonyl (C=O) groups excluding carboxylic acids is 1. The summed E-state index contributed by atoms with van der Waals surface area (Å²) in [6.07, 6.45) is 5.02. The standard InChI is InChI=1S/C23H23FN6O3.H2S/c1-4-33-22(31)16-11-25-29(12-16)23-26-19-18(15-5-6-15)28-30(20(19)21(27-23)32-3)13(2)14-7-9-17(24)10-8-14;/h7-13,15H,4-6H2,1-3H3;1H2/t13-;/m0./s1. The van der Waals surface area contributed by atoms with Gasteiger partial charge in [-0.1, -0.05) is 12.1 Å². The molecule has 1 atom stereocenters. The van der Waals surface area contributed by atoms with E-state index in [-0.39, 0.29) is 37.9 Å². The molecule has 0 bridgehead atoms. The molecule has 0 radical (unpaired) electrons. The Morgan fingerprint density at radius 2 is 1.97 bits per heavy atom. The quantitative estimate of drug-likeness (QED) is 0.367. The molecule has 0 unspecified atom stereocenters. The molecule has 5 rings (SSSR count). The Kier molecular flexibility index (Phi) is 6.56. The lowest BCUT2D eigenvalue weighted by molar-refractivity contribution is 0.0526. The topological polar surface area (TPSA) is 96.9 Å². The number of nitrogens with zero attached hydrogens (tertiary/aromatic N) is 6. The monoisotopic (exact) mass is 484 g/mol. The maximum Gasteiger partial charge on any atom is 0.341 e. The minimum atomic E-state index is -0.462. The summed E-state index contributed by atoms with van der Waals surface area (Å²) in [4.78, 5) is 21.3. The van der Waals surface area contributed by atoms with E-state index in [0.717, 1.165) is 24.1 Å². The van der Waals surface area contributed by atoms with Gasteiger partial charge in [0.15, 0.2) is 0 Å². The first-order valence-electron chi connectivity index (χ1n) is 10.8. The lowest BCUT2D eigenvalue weighted by Gasteiger charge is -2.15. The molecule has 1 aromatic carbocycles. The molecule has 0 saturated heterocycles. The van der Waals surface area contributed by atoms with Gasteiger partial charge in [0.25, 0.3) is 5.95 Å². The van der Waals surface area contributed by atoms with E-state index in [1.807, 2.05) is 11.6 Å². The molecule has 9 nitrogen and oxygen atoms in total. The number of halogens is 1. The molecule has 1 aliphatic rings. The number of fused-ring (bicyclic) bond motifs is 1. The summed E-state index contributed by atoms with van der Waals surface area (Å²) in [5.74, 6) is 0.176. The molecule has 4 aromatic rings. The molecule has 1 saturated carbocycles. The molecular formula is C23H25FN6O3S. The van der Waals surface area contributed by atoms with Gasteiger partial charge >= 0.3 is 5.97 Å². The second kappa shape index (κ2) is 9.41. The summed E-state index contributed by atoms with van der Waals surface area (Å²) in [5, 5.41) is 9.12. The van der Waals surface area contributed by atoms with Crippen molar-refractivity contribution >= 4 is 30.5 Å². The van der Waals surface area contributed by atoms with Crippen LogP contribution in [-0.4, -0.2) is 49.2 Å². The molecule has 34 heavy (non-hydrogen) atoms. The Balaban J connectivity index is 0.00000274. The third-order valence-corrected chi connectivity index (χ3v) is 5.70. The average molecular weight is 485 g/mol. The summed E-state index contributed by atoms with van der Waals surface area (Å²) in [6, 6.07) is 6.16. The molecule has 178 valence electrons. The van der Waals surface area contributed by atoms with Gasteiger partial charge in [-0.2, -0.15) is 28.7 Å². The highest BCUT2D eigenvalue weighted by molar-refractivity contribution is 7.59. The maximum absolute atomic E-state index is 13.4. The van der Waals surface area contributed by atoms with Crippen molar-refractivity contribution in [3.8, 4) is 11.8 Å². The molecular weight excluding hydrogens is 459 g/mol. The molecule has 11 heteroatoms. The summed E-state index contributed by atoms with van der Waals surface area (Å²) < 4.78 is 27.4. The van der Waals surface area contributed by atoms with E-state index in [4.69, 9.17) is 19.6 Å².